The summed E-state index contributed by atoms with van der Waals surface area (Å²) in [5.41, 5.74) is 2.85. The Morgan fingerprint density at radius 3 is 2.77 bits per heavy atom. The van der Waals surface area contributed by atoms with Gasteiger partial charge in [0, 0.05) is 12.4 Å². The first kappa shape index (κ1) is 12.7. The van der Waals surface area contributed by atoms with Crippen LogP contribution in [0, 0.1) is 5.95 Å². The average Bonchev–Trinajstić information content (AvgIpc) is 2.93. The Morgan fingerprint density at radius 2 is 1.95 bits per heavy atom. The van der Waals surface area contributed by atoms with Gasteiger partial charge in [-0.25, -0.2) is 9.97 Å². The van der Waals surface area contributed by atoms with Gasteiger partial charge in [-0.1, -0.05) is 12.1 Å². The molecule has 108 valence electrons. The first-order valence-electron chi connectivity index (χ1n) is 6.77. The lowest BCUT2D eigenvalue weighted by atomic mass is 10.2. The molecular weight excluding hydrogens is 283 g/mol. The molecule has 0 saturated heterocycles. The van der Waals surface area contributed by atoms with E-state index in [0.29, 0.717) is 22.2 Å². The lowest BCUT2D eigenvalue weighted by Crippen LogP contribution is -2.19. The normalized spacial score (nSPS) is 11.4. The van der Waals surface area contributed by atoms with E-state index in [0.717, 1.165) is 11.0 Å². The Balaban J connectivity index is 2.30. The number of imidazole rings is 1. The SMILES string of the molecule is CNC(=O)c1cc2ccc(F)nc2n2c1nc1ccccc12. The van der Waals surface area contributed by atoms with Gasteiger partial charge < -0.3 is 5.32 Å². The van der Waals surface area contributed by atoms with Crippen molar-refractivity contribution in [2.45, 2.75) is 0 Å². The van der Waals surface area contributed by atoms with Crippen molar-refractivity contribution in [3.63, 3.8) is 0 Å². The third kappa shape index (κ3) is 1.67. The monoisotopic (exact) mass is 294 g/mol. The maximum Gasteiger partial charge on any atom is 0.254 e. The molecule has 6 heteroatoms. The minimum Gasteiger partial charge on any atom is -0.355 e. The summed E-state index contributed by atoms with van der Waals surface area (Å²) < 4.78 is 15.3. The highest BCUT2D eigenvalue weighted by molar-refractivity contribution is 6.05. The third-order valence-electron chi connectivity index (χ3n) is 3.66. The molecule has 3 aromatic heterocycles. The summed E-state index contributed by atoms with van der Waals surface area (Å²) in [5.74, 6) is -0.814. The summed E-state index contributed by atoms with van der Waals surface area (Å²) in [6.07, 6.45) is 0. The van der Waals surface area contributed by atoms with Crippen molar-refractivity contribution in [1.82, 2.24) is 19.7 Å². The summed E-state index contributed by atoms with van der Waals surface area (Å²) in [6, 6.07) is 12.0. The van der Waals surface area contributed by atoms with E-state index in [-0.39, 0.29) is 5.91 Å². The Labute approximate surface area is 124 Å². The van der Waals surface area contributed by atoms with Gasteiger partial charge in [0.2, 0.25) is 5.95 Å². The van der Waals surface area contributed by atoms with Crippen LogP contribution < -0.4 is 5.32 Å². The Bertz CT molecular complexity index is 1050. The zero-order valence-corrected chi connectivity index (χ0v) is 11.7. The molecule has 0 spiro atoms. The van der Waals surface area contributed by atoms with E-state index in [4.69, 9.17) is 0 Å². The number of rotatable bonds is 1. The predicted octanol–water partition coefficient (Wildman–Crippen LogP) is 2.53. The van der Waals surface area contributed by atoms with E-state index in [1.54, 1.807) is 23.6 Å². The number of halogens is 1. The Kier molecular flexibility index (Phi) is 2.59. The molecule has 0 aliphatic carbocycles. The number of para-hydroxylation sites is 2. The molecule has 1 N–H and O–H groups in total. The molecule has 0 bridgehead atoms. The Morgan fingerprint density at radius 1 is 1.14 bits per heavy atom. The highest BCUT2D eigenvalue weighted by Crippen LogP contribution is 2.25. The minimum atomic E-state index is -0.570. The highest BCUT2D eigenvalue weighted by atomic mass is 19.1. The average molecular weight is 294 g/mol. The van der Waals surface area contributed by atoms with Crippen LogP contribution >= 0.6 is 0 Å². The lowest BCUT2D eigenvalue weighted by molar-refractivity contribution is 0.0964. The van der Waals surface area contributed by atoms with E-state index in [9.17, 15) is 9.18 Å². The van der Waals surface area contributed by atoms with Gasteiger partial charge in [-0.05, 0) is 30.3 Å². The number of fused-ring (bicyclic) bond motifs is 5. The van der Waals surface area contributed by atoms with Gasteiger partial charge in [0.1, 0.15) is 5.65 Å². The molecule has 5 nitrogen and oxygen atoms in total. The number of nitrogens with zero attached hydrogens (tertiary/aromatic N) is 3. The zero-order chi connectivity index (χ0) is 15.3. The van der Waals surface area contributed by atoms with Crippen molar-refractivity contribution in [2.24, 2.45) is 0 Å². The van der Waals surface area contributed by atoms with Crippen LogP contribution in [0.5, 0.6) is 0 Å². The van der Waals surface area contributed by atoms with Gasteiger partial charge in [-0.2, -0.15) is 4.39 Å². The summed E-state index contributed by atoms with van der Waals surface area (Å²) in [7, 11) is 1.56. The number of nitrogens with one attached hydrogen (secondary N) is 1. The zero-order valence-electron chi connectivity index (χ0n) is 11.7. The van der Waals surface area contributed by atoms with Crippen LogP contribution in [-0.2, 0) is 0 Å². The first-order valence-corrected chi connectivity index (χ1v) is 6.77. The maximum absolute atomic E-state index is 13.6. The van der Waals surface area contributed by atoms with Crippen LogP contribution in [0.4, 0.5) is 4.39 Å². The molecule has 0 saturated carbocycles. The van der Waals surface area contributed by atoms with Crippen LogP contribution in [0.2, 0.25) is 0 Å². The van der Waals surface area contributed by atoms with Gasteiger partial charge in [-0.3, -0.25) is 9.20 Å². The quantitative estimate of drug-likeness (QED) is 0.549. The van der Waals surface area contributed by atoms with Crippen molar-refractivity contribution in [3.05, 3.63) is 54.0 Å². The molecule has 0 aliphatic heterocycles. The number of carbonyl (C=O) groups excluding carboxylic acids is 1. The topological polar surface area (TPSA) is 59.3 Å². The van der Waals surface area contributed by atoms with E-state index in [1.165, 1.54) is 6.07 Å². The van der Waals surface area contributed by atoms with E-state index in [2.05, 4.69) is 15.3 Å². The standard InChI is InChI=1S/C16H11FN4O/c1-18-16(22)10-8-9-6-7-13(17)20-14(9)21-12-5-3-2-4-11(12)19-15(10)21/h2-8H,1H3,(H,18,22). The largest absolute Gasteiger partial charge is 0.355 e. The third-order valence-corrected chi connectivity index (χ3v) is 3.66. The van der Waals surface area contributed by atoms with Crippen molar-refractivity contribution in [3.8, 4) is 0 Å². The predicted molar refractivity (Wildman–Crippen MR) is 81.3 cm³/mol. The number of amides is 1. The van der Waals surface area contributed by atoms with E-state index >= 15 is 0 Å². The minimum absolute atomic E-state index is 0.244. The van der Waals surface area contributed by atoms with Gasteiger partial charge in [0.25, 0.3) is 5.91 Å². The fourth-order valence-electron chi connectivity index (χ4n) is 2.67. The van der Waals surface area contributed by atoms with Crippen LogP contribution in [0.1, 0.15) is 10.4 Å². The van der Waals surface area contributed by atoms with Crippen LogP contribution in [-0.4, -0.2) is 27.3 Å². The molecule has 4 aromatic rings. The summed E-state index contributed by atoms with van der Waals surface area (Å²) in [5, 5.41) is 3.28. The highest BCUT2D eigenvalue weighted by Gasteiger charge is 2.17. The van der Waals surface area contributed by atoms with Crippen LogP contribution in [0.3, 0.4) is 0 Å². The van der Waals surface area contributed by atoms with Crippen molar-refractivity contribution < 1.29 is 9.18 Å². The van der Waals surface area contributed by atoms with Gasteiger partial charge in [0.05, 0.1) is 16.6 Å². The molecule has 0 unspecified atom stereocenters. The first-order chi connectivity index (χ1) is 10.7. The number of pyridine rings is 2. The number of hydrogen-bond donors (Lipinski definition) is 1. The molecule has 0 aliphatic rings. The molecule has 0 fully saturated rings. The second-order valence-electron chi connectivity index (χ2n) is 4.94. The van der Waals surface area contributed by atoms with Crippen molar-refractivity contribution in [2.75, 3.05) is 7.05 Å². The van der Waals surface area contributed by atoms with Crippen molar-refractivity contribution in [1.29, 1.82) is 0 Å². The Hall–Kier alpha value is -3.02. The van der Waals surface area contributed by atoms with E-state index in [1.807, 2.05) is 24.3 Å². The lowest BCUT2D eigenvalue weighted by Gasteiger charge is -2.07. The molecule has 0 atom stereocenters. The smallest absolute Gasteiger partial charge is 0.254 e. The summed E-state index contributed by atoms with van der Waals surface area (Å²) in [4.78, 5) is 20.6. The molecule has 4 rings (SSSR count). The number of benzene rings is 1. The number of aromatic nitrogens is 3. The molecule has 0 radical (unpaired) electrons. The van der Waals surface area contributed by atoms with Gasteiger partial charge >= 0.3 is 0 Å². The fraction of sp³-hybridized carbons (Fsp3) is 0.0625. The summed E-state index contributed by atoms with van der Waals surface area (Å²) in [6.45, 7) is 0. The van der Waals surface area contributed by atoms with Crippen LogP contribution in [0.25, 0.3) is 27.7 Å². The van der Waals surface area contributed by atoms with Gasteiger partial charge in [-0.15, -0.1) is 0 Å². The number of carbonyl (C=O) groups is 1. The fourth-order valence-corrected chi connectivity index (χ4v) is 2.67. The summed E-state index contributed by atoms with van der Waals surface area (Å²) >= 11 is 0. The molecular formula is C16H11FN4O. The maximum atomic E-state index is 13.6. The van der Waals surface area contributed by atoms with Crippen LogP contribution in [0.15, 0.2) is 42.5 Å². The molecule has 3 heterocycles. The second-order valence-corrected chi connectivity index (χ2v) is 4.94. The molecule has 1 amide bonds. The molecule has 22 heavy (non-hydrogen) atoms. The van der Waals surface area contributed by atoms with Crippen molar-refractivity contribution >= 4 is 33.6 Å². The van der Waals surface area contributed by atoms with E-state index < -0.39 is 5.95 Å². The number of hydrogen-bond acceptors (Lipinski definition) is 3. The van der Waals surface area contributed by atoms with Gasteiger partial charge in [0.15, 0.2) is 5.65 Å². The second kappa shape index (κ2) is 4.49. The molecule has 1 aromatic carbocycles.